The molecule has 1 amide bonds. The highest BCUT2D eigenvalue weighted by molar-refractivity contribution is 6.07. The summed E-state index contributed by atoms with van der Waals surface area (Å²) in [6, 6.07) is 4.25. The number of aromatic nitrogens is 2. The maximum Gasteiger partial charge on any atom is 0.337 e. The van der Waals surface area contributed by atoms with Crippen LogP contribution in [0.4, 0.5) is 11.4 Å². The molecule has 0 bridgehead atoms. The molecule has 0 spiro atoms. The molecule has 19 heavy (non-hydrogen) atoms. The van der Waals surface area contributed by atoms with Crippen molar-refractivity contribution in [3.63, 3.8) is 0 Å². The largest absolute Gasteiger partial charge is 0.478 e. The smallest absolute Gasteiger partial charge is 0.337 e. The van der Waals surface area contributed by atoms with Crippen LogP contribution >= 0.6 is 0 Å². The third-order valence-corrected chi connectivity index (χ3v) is 2.46. The lowest BCUT2D eigenvalue weighted by Gasteiger charge is -2.07. The van der Waals surface area contributed by atoms with Gasteiger partial charge in [-0.05, 0) is 18.2 Å². The van der Waals surface area contributed by atoms with E-state index < -0.39 is 11.9 Å². The molecule has 0 aliphatic rings. The molecule has 0 saturated carbocycles. The number of nitrogen functional groups attached to an aromatic ring is 1. The van der Waals surface area contributed by atoms with Crippen LogP contribution in [0, 0.1) is 0 Å². The van der Waals surface area contributed by atoms with Gasteiger partial charge in [-0.25, -0.2) is 9.78 Å². The summed E-state index contributed by atoms with van der Waals surface area (Å²) < 4.78 is 1.62. The molecule has 7 heteroatoms. The molecule has 1 aromatic heterocycles. The Morgan fingerprint density at radius 3 is 2.74 bits per heavy atom. The maximum atomic E-state index is 11.9. The summed E-state index contributed by atoms with van der Waals surface area (Å²) in [6.45, 7) is 0. The van der Waals surface area contributed by atoms with E-state index in [1.807, 2.05) is 0 Å². The standard InChI is InChI=1S/C12H12N4O3/c1-16-5-10(14-6-16)11(17)15-9-3-2-7(13)4-8(9)12(18)19/h2-6H,13H2,1H3,(H,15,17)(H,18,19). The van der Waals surface area contributed by atoms with Crippen LogP contribution in [0.2, 0.25) is 0 Å². The third-order valence-electron chi connectivity index (χ3n) is 2.46. The number of imidazole rings is 1. The van der Waals surface area contributed by atoms with Crippen LogP contribution in [0.15, 0.2) is 30.7 Å². The Bertz CT molecular complexity index is 648. The Labute approximate surface area is 108 Å². The average Bonchev–Trinajstić information content (AvgIpc) is 2.78. The predicted octanol–water partition coefficient (Wildman–Crippen LogP) is 0.953. The molecule has 2 rings (SSSR count). The van der Waals surface area contributed by atoms with Crippen molar-refractivity contribution in [2.75, 3.05) is 11.1 Å². The minimum atomic E-state index is -1.16. The molecule has 1 heterocycles. The first-order valence-electron chi connectivity index (χ1n) is 5.39. The van der Waals surface area contributed by atoms with Crippen molar-refractivity contribution in [1.29, 1.82) is 0 Å². The van der Waals surface area contributed by atoms with Crippen LogP contribution in [-0.4, -0.2) is 26.5 Å². The number of aromatic carboxylic acids is 1. The summed E-state index contributed by atoms with van der Waals surface area (Å²) in [4.78, 5) is 26.8. The van der Waals surface area contributed by atoms with E-state index in [0.717, 1.165) is 0 Å². The van der Waals surface area contributed by atoms with Crippen molar-refractivity contribution in [2.45, 2.75) is 0 Å². The van der Waals surface area contributed by atoms with Crippen molar-refractivity contribution >= 4 is 23.3 Å². The summed E-state index contributed by atoms with van der Waals surface area (Å²) in [7, 11) is 1.73. The molecule has 0 aliphatic heterocycles. The highest BCUT2D eigenvalue weighted by Gasteiger charge is 2.15. The maximum absolute atomic E-state index is 11.9. The summed E-state index contributed by atoms with van der Waals surface area (Å²) in [5.41, 5.74) is 6.15. The number of hydrogen-bond donors (Lipinski definition) is 3. The van der Waals surface area contributed by atoms with Gasteiger partial charge in [-0.3, -0.25) is 4.79 Å². The van der Waals surface area contributed by atoms with Gasteiger partial charge in [0.05, 0.1) is 17.6 Å². The predicted molar refractivity (Wildman–Crippen MR) is 69.0 cm³/mol. The number of carbonyl (C=O) groups is 2. The molecule has 2 aromatic rings. The van der Waals surface area contributed by atoms with Crippen molar-refractivity contribution < 1.29 is 14.7 Å². The second-order valence-electron chi connectivity index (χ2n) is 3.99. The van der Waals surface area contributed by atoms with E-state index in [4.69, 9.17) is 10.8 Å². The number of nitrogens with one attached hydrogen (secondary N) is 1. The van der Waals surface area contributed by atoms with E-state index >= 15 is 0 Å². The van der Waals surface area contributed by atoms with E-state index in [1.54, 1.807) is 11.6 Å². The first kappa shape index (κ1) is 12.6. The Balaban J connectivity index is 2.28. The number of hydrogen-bond acceptors (Lipinski definition) is 4. The zero-order valence-electron chi connectivity index (χ0n) is 10.1. The Kier molecular flexibility index (Phi) is 3.19. The normalized spacial score (nSPS) is 10.2. The first-order chi connectivity index (χ1) is 8.97. The number of carboxylic acids is 1. The van der Waals surface area contributed by atoms with Crippen LogP contribution in [0.1, 0.15) is 20.8 Å². The van der Waals surface area contributed by atoms with Gasteiger partial charge in [0.2, 0.25) is 0 Å². The van der Waals surface area contributed by atoms with Gasteiger partial charge in [-0.1, -0.05) is 0 Å². The molecule has 98 valence electrons. The number of rotatable bonds is 3. The number of carbonyl (C=O) groups excluding carboxylic acids is 1. The van der Waals surface area contributed by atoms with E-state index in [0.29, 0.717) is 5.69 Å². The Morgan fingerprint density at radius 1 is 1.42 bits per heavy atom. The van der Waals surface area contributed by atoms with Crippen molar-refractivity contribution in [1.82, 2.24) is 9.55 Å². The lowest BCUT2D eigenvalue weighted by Crippen LogP contribution is -2.15. The molecule has 0 atom stereocenters. The van der Waals surface area contributed by atoms with Crippen LogP contribution in [0.5, 0.6) is 0 Å². The lowest BCUT2D eigenvalue weighted by atomic mass is 10.1. The molecule has 0 fully saturated rings. The van der Waals surface area contributed by atoms with E-state index in [9.17, 15) is 9.59 Å². The lowest BCUT2D eigenvalue weighted by molar-refractivity contribution is 0.0698. The molecular weight excluding hydrogens is 248 g/mol. The molecular formula is C12H12N4O3. The van der Waals surface area contributed by atoms with Crippen LogP contribution in [0.3, 0.4) is 0 Å². The minimum Gasteiger partial charge on any atom is -0.478 e. The number of nitrogens with zero attached hydrogens (tertiary/aromatic N) is 2. The molecule has 0 aliphatic carbocycles. The van der Waals surface area contributed by atoms with Crippen molar-refractivity contribution in [3.8, 4) is 0 Å². The molecule has 7 nitrogen and oxygen atoms in total. The number of amides is 1. The Hall–Kier alpha value is -2.83. The SMILES string of the molecule is Cn1cnc(C(=O)Nc2ccc(N)cc2C(=O)O)c1. The number of aryl methyl sites for hydroxylation is 1. The fraction of sp³-hybridized carbons (Fsp3) is 0.0833. The van der Waals surface area contributed by atoms with Crippen molar-refractivity contribution in [3.05, 3.63) is 42.0 Å². The van der Waals surface area contributed by atoms with Crippen LogP contribution in [0.25, 0.3) is 0 Å². The number of carboxylic acid groups (broad SMARTS) is 1. The molecule has 1 aromatic carbocycles. The topological polar surface area (TPSA) is 110 Å². The van der Waals surface area contributed by atoms with Crippen LogP contribution in [-0.2, 0) is 7.05 Å². The molecule has 0 unspecified atom stereocenters. The molecule has 0 radical (unpaired) electrons. The van der Waals surface area contributed by atoms with Gasteiger partial charge in [0, 0.05) is 18.9 Å². The molecule has 4 N–H and O–H groups in total. The van der Waals surface area contributed by atoms with Crippen molar-refractivity contribution in [2.24, 2.45) is 7.05 Å². The fourth-order valence-electron chi connectivity index (χ4n) is 1.56. The van der Waals surface area contributed by atoms with Gasteiger partial charge in [-0.15, -0.1) is 0 Å². The summed E-state index contributed by atoms with van der Waals surface area (Å²) in [5, 5.41) is 11.5. The zero-order valence-corrected chi connectivity index (χ0v) is 10.1. The van der Waals surface area contributed by atoms with E-state index in [-0.39, 0.29) is 16.9 Å². The van der Waals surface area contributed by atoms with Gasteiger partial charge < -0.3 is 20.7 Å². The van der Waals surface area contributed by atoms with Gasteiger partial charge in [0.1, 0.15) is 5.69 Å². The quantitative estimate of drug-likeness (QED) is 0.712. The summed E-state index contributed by atoms with van der Waals surface area (Å²) in [5.74, 6) is -1.64. The van der Waals surface area contributed by atoms with Gasteiger partial charge in [0.25, 0.3) is 5.91 Å². The Morgan fingerprint density at radius 2 is 2.16 bits per heavy atom. The van der Waals surface area contributed by atoms with Gasteiger partial charge >= 0.3 is 5.97 Å². The highest BCUT2D eigenvalue weighted by Crippen LogP contribution is 2.19. The monoisotopic (exact) mass is 260 g/mol. The summed E-state index contributed by atoms with van der Waals surface area (Å²) >= 11 is 0. The van der Waals surface area contributed by atoms with E-state index in [1.165, 1.54) is 30.7 Å². The summed E-state index contributed by atoms with van der Waals surface area (Å²) in [6.07, 6.45) is 3.02. The van der Waals surface area contributed by atoms with Gasteiger partial charge in [0.15, 0.2) is 0 Å². The fourth-order valence-corrected chi connectivity index (χ4v) is 1.56. The number of nitrogens with two attached hydrogens (primary N) is 1. The number of anilines is 2. The second kappa shape index (κ2) is 4.81. The average molecular weight is 260 g/mol. The highest BCUT2D eigenvalue weighted by atomic mass is 16.4. The van der Waals surface area contributed by atoms with Gasteiger partial charge in [-0.2, -0.15) is 0 Å². The van der Waals surface area contributed by atoms with E-state index in [2.05, 4.69) is 10.3 Å². The number of benzene rings is 1. The zero-order chi connectivity index (χ0) is 14.0. The third kappa shape index (κ3) is 2.71. The first-order valence-corrected chi connectivity index (χ1v) is 5.39. The minimum absolute atomic E-state index is 0.0655. The molecule has 0 saturated heterocycles. The second-order valence-corrected chi connectivity index (χ2v) is 3.99. The van der Waals surface area contributed by atoms with Crippen LogP contribution < -0.4 is 11.1 Å².